The first kappa shape index (κ1) is 13.4. The summed E-state index contributed by atoms with van der Waals surface area (Å²) in [4.78, 5) is 11.1. The Labute approximate surface area is 98.1 Å². The number of methoxy groups -OCH3 is 2. The van der Waals surface area contributed by atoms with Crippen molar-refractivity contribution in [1.29, 1.82) is 0 Å². The number of ether oxygens (including phenoxy) is 2. The summed E-state index contributed by atoms with van der Waals surface area (Å²) in [7, 11) is -1.41. The summed E-state index contributed by atoms with van der Waals surface area (Å²) in [5, 5.41) is 0. The third-order valence-corrected chi connectivity index (χ3v) is 3.18. The molecule has 0 unspecified atom stereocenters. The lowest BCUT2D eigenvalue weighted by molar-refractivity contribution is 0.0591. The van der Waals surface area contributed by atoms with Crippen LogP contribution in [0.4, 0.5) is 4.39 Å². The van der Waals surface area contributed by atoms with Crippen LogP contribution in [0.3, 0.4) is 0 Å². The van der Waals surface area contributed by atoms with Crippen LogP contribution in [0.15, 0.2) is 17.0 Å². The van der Waals surface area contributed by atoms with E-state index in [1.54, 1.807) is 0 Å². The number of hydrogen-bond acceptors (Lipinski definition) is 5. The maximum Gasteiger partial charge on any atom is 0.344 e. The van der Waals surface area contributed by atoms with Gasteiger partial charge in [-0.25, -0.2) is 17.6 Å². The molecular weight excluding hydrogens is 251 g/mol. The molecule has 94 valence electrons. The molecule has 1 rings (SSSR count). The van der Waals surface area contributed by atoms with Crippen molar-refractivity contribution in [2.75, 3.05) is 20.5 Å². The van der Waals surface area contributed by atoms with Gasteiger partial charge in [0.15, 0.2) is 15.6 Å². The van der Waals surface area contributed by atoms with Crippen molar-refractivity contribution in [3.8, 4) is 5.75 Å². The minimum absolute atomic E-state index is 0.262. The molecule has 0 radical (unpaired) electrons. The molecule has 0 aliphatic rings. The molecule has 0 amide bonds. The fourth-order valence-corrected chi connectivity index (χ4v) is 2.16. The molecule has 17 heavy (non-hydrogen) atoms. The molecule has 0 heterocycles. The quantitative estimate of drug-likeness (QED) is 0.601. The minimum atomic E-state index is -3.63. The third kappa shape index (κ3) is 2.55. The van der Waals surface area contributed by atoms with Crippen LogP contribution in [0.2, 0.25) is 0 Å². The number of carbonyl (C=O) groups is 1. The van der Waals surface area contributed by atoms with Gasteiger partial charge in [-0.3, -0.25) is 0 Å². The van der Waals surface area contributed by atoms with Gasteiger partial charge < -0.3 is 9.47 Å². The van der Waals surface area contributed by atoms with Crippen molar-refractivity contribution in [2.45, 2.75) is 4.90 Å². The van der Waals surface area contributed by atoms with Crippen LogP contribution in [0.5, 0.6) is 5.75 Å². The van der Waals surface area contributed by atoms with Crippen LogP contribution >= 0.6 is 0 Å². The molecule has 0 saturated carbocycles. The van der Waals surface area contributed by atoms with E-state index in [0.29, 0.717) is 0 Å². The Morgan fingerprint density at radius 2 is 1.88 bits per heavy atom. The summed E-state index contributed by atoms with van der Waals surface area (Å²) >= 11 is 0. The summed E-state index contributed by atoms with van der Waals surface area (Å²) in [5.74, 6) is -2.25. The minimum Gasteiger partial charge on any atom is -0.494 e. The number of carbonyl (C=O) groups excluding carboxylic acids is 1. The first-order valence-corrected chi connectivity index (χ1v) is 6.37. The van der Waals surface area contributed by atoms with Crippen molar-refractivity contribution >= 4 is 15.8 Å². The van der Waals surface area contributed by atoms with Crippen LogP contribution in [-0.2, 0) is 14.6 Å². The largest absolute Gasteiger partial charge is 0.494 e. The fourth-order valence-electron chi connectivity index (χ4n) is 1.33. The highest BCUT2D eigenvalue weighted by Crippen LogP contribution is 2.30. The molecule has 0 atom stereocenters. The lowest BCUT2D eigenvalue weighted by Crippen LogP contribution is -2.11. The zero-order valence-electron chi connectivity index (χ0n) is 9.48. The molecule has 0 bridgehead atoms. The number of sulfone groups is 1. The second-order valence-electron chi connectivity index (χ2n) is 3.22. The smallest absolute Gasteiger partial charge is 0.344 e. The van der Waals surface area contributed by atoms with Gasteiger partial charge in [-0.05, 0) is 12.1 Å². The van der Waals surface area contributed by atoms with E-state index in [1.807, 2.05) is 0 Å². The molecule has 1 aromatic rings. The van der Waals surface area contributed by atoms with Crippen LogP contribution in [0.1, 0.15) is 10.4 Å². The van der Waals surface area contributed by atoms with E-state index in [0.717, 1.165) is 32.6 Å². The zero-order chi connectivity index (χ0) is 13.2. The second-order valence-corrected chi connectivity index (χ2v) is 5.20. The van der Waals surface area contributed by atoms with Gasteiger partial charge in [0.25, 0.3) is 0 Å². The van der Waals surface area contributed by atoms with Crippen molar-refractivity contribution in [3.05, 3.63) is 23.5 Å². The summed E-state index contributed by atoms with van der Waals surface area (Å²) in [6.07, 6.45) is 0.934. The van der Waals surface area contributed by atoms with Crippen molar-refractivity contribution in [2.24, 2.45) is 0 Å². The van der Waals surface area contributed by atoms with Crippen molar-refractivity contribution in [3.63, 3.8) is 0 Å². The van der Waals surface area contributed by atoms with E-state index >= 15 is 0 Å². The number of rotatable bonds is 3. The number of benzene rings is 1. The summed E-state index contributed by atoms with van der Waals surface area (Å²) < 4.78 is 45.5. The van der Waals surface area contributed by atoms with Gasteiger partial charge in [-0.2, -0.15) is 0 Å². The normalized spacial score (nSPS) is 11.1. The number of halogens is 1. The molecule has 0 aromatic heterocycles. The maximum absolute atomic E-state index is 13.5. The molecule has 0 fully saturated rings. The number of hydrogen-bond donors (Lipinski definition) is 0. The highest BCUT2D eigenvalue weighted by atomic mass is 32.2. The van der Waals surface area contributed by atoms with Gasteiger partial charge in [0, 0.05) is 6.26 Å². The third-order valence-electron chi connectivity index (χ3n) is 2.06. The van der Waals surface area contributed by atoms with Gasteiger partial charge in [-0.1, -0.05) is 0 Å². The molecule has 0 aliphatic heterocycles. The Kier molecular flexibility index (Phi) is 3.72. The highest BCUT2D eigenvalue weighted by Gasteiger charge is 2.25. The van der Waals surface area contributed by atoms with E-state index in [2.05, 4.69) is 4.74 Å². The average molecular weight is 262 g/mol. The standard InChI is InChI=1S/C10H11FO5S/c1-15-9-7(17(3,13)14)5-4-6(11)8(9)10(12)16-2/h4-5H,1-3H3. The molecule has 0 N–H and O–H groups in total. The van der Waals surface area contributed by atoms with Gasteiger partial charge in [0.2, 0.25) is 0 Å². The average Bonchev–Trinajstić information content (AvgIpc) is 2.25. The van der Waals surface area contributed by atoms with Crippen LogP contribution in [0, 0.1) is 5.82 Å². The van der Waals surface area contributed by atoms with Gasteiger partial charge in [0.1, 0.15) is 16.3 Å². The topological polar surface area (TPSA) is 69.7 Å². The number of esters is 1. The van der Waals surface area contributed by atoms with Gasteiger partial charge >= 0.3 is 5.97 Å². The van der Waals surface area contributed by atoms with Crippen LogP contribution < -0.4 is 4.74 Å². The van der Waals surface area contributed by atoms with E-state index in [4.69, 9.17) is 4.74 Å². The predicted octanol–water partition coefficient (Wildman–Crippen LogP) is 1.02. The van der Waals surface area contributed by atoms with Crippen LogP contribution in [-0.4, -0.2) is 34.9 Å². The molecule has 0 saturated heterocycles. The Bertz CT molecular complexity index is 550. The maximum atomic E-state index is 13.5. The second kappa shape index (κ2) is 4.70. The van der Waals surface area contributed by atoms with Crippen LogP contribution in [0.25, 0.3) is 0 Å². The van der Waals surface area contributed by atoms with E-state index < -0.39 is 27.2 Å². The Morgan fingerprint density at radius 3 is 2.29 bits per heavy atom. The molecule has 5 nitrogen and oxygen atoms in total. The molecule has 0 aliphatic carbocycles. The van der Waals surface area contributed by atoms with Crippen molar-refractivity contribution in [1.82, 2.24) is 0 Å². The summed E-state index contributed by atoms with van der Waals surface area (Å²) in [6.45, 7) is 0. The van der Waals surface area contributed by atoms with E-state index in [9.17, 15) is 17.6 Å². The molecular formula is C10H11FO5S. The zero-order valence-corrected chi connectivity index (χ0v) is 10.3. The molecule has 7 heteroatoms. The lowest BCUT2D eigenvalue weighted by Gasteiger charge is -2.11. The Hall–Kier alpha value is -1.63. The first-order chi connectivity index (χ1) is 7.82. The Balaban J connectivity index is 3.65. The van der Waals surface area contributed by atoms with E-state index in [1.165, 1.54) is 0 Å². The summed E-state index contributed by atoms with van der Waals surface area (Å²) in [6, 6.07) is 1.92. The monoisotopic (exact) mass is 262 g/mol. The Morgan fingerprint density at radius 1 is 1.29 bits per heavy atom. The van der Waals surface area contributed by atoms with Gasteiger partial charge in [0.05, 0.1) is 14.2 Å². The fraction of sp³-hybridized carbons (Fsp3) is 0.300. The molecule has 0 spiro atoms. The van der Waals surface area contributed by atoms with Crippen molar-refractivity contribution < 1.29 is 27.1 Å². The SMILES string of the molecule is COC(=O)c1c(F)ccc(S(C)(=O)=O)c1OC. The first-order valence-electron chi connectivity index (χ1n) is 4.47. The van der Waals surface area contributed by atoms with Gasteiger partial charge in [-0.15, -0.1) is 0 Å². The lowest BCUT2D eigenvalue weighted by atomic mass is 10.2. The predicted molar refractivity (Wildman–Crippen MR) is 57.4 cm³/mol. The molecule has 1 aromatic carbocycles. The summed E-state index contributed by atoms with van der Waals surface area (Å²) in [5.41, 5.74) is -0.530. The highest BCUT2D eigenvalue weighted by molar-refractivity contribution is 7.90. The van der Waals surface area contributed by atoms with E-state index in [-0.39, 0.29) is 10.6 Å².